The van der Waals surface area contributed by atoms with E-state index in [1.165, 1.54) is 0 Å². The zero-order chi connectivity index (χ0) is 9.97. The summed E-state index contributed by atoms with van der Waals surface area (Å²) in [6.07, 6.45) is 1.58. The number of rotatable bonds is 2. The smallest absolute Gasteiger partial charge is 0.134 e. The molecule has 0 saturated carbocycles. The van der Waals surface area contributed by atoms with Gasteiger partial charge in [-0.3, -0.25) is 0 Å². The van der Waals surface area contributed by atoms with Crippen molar-refractivity contribution in [1.82, 2.24) is 0 Å². The van der Waals surface area contributed by atoms with Crippen LogP contribution in [0.4, 0.5) is 0 Å². The van der Waals surface area contributed by atoms with E-state index >= 15 is 0 Å². The molecule has 14 heavy (non-hydrogen) atoms. The lowest BCUT2D eigenvalue weighted by molar-refractivity contribution is 0.512. The number of hydrogen-bond donors (Lipinski definition) is 1. The Labute approximate surface area is 80.3 Å². The molecule has 0 fully saturated rings. The lowest BCUT2D eigenvalue weighted by Crippen LogP contribution is -1.77. The fraction of sp³-hybridized carbons (Fsp3) is 0.100. The molecule has 4 nitrogen and oxygen atoms in total. The van der Waals surface area contributed by atoms with Gasteiger partial charge in [0.15, 0.2) is 0 Å². The van der Waals surface area contributed by atoms with Crippen molar-refractivity contribution in [1.29, 1.82) is 10.8 Å². The van der Waals surface area contributed by atoms with E-state index in [0.717, 1.165) is 10.8 Å². The standard InChI is InChI=1S/C10H7N3O/c11-4-7-1-2-9-8(3-7)6-14-10(9)5-13-12/h1-3,6,12H,5H2. The minimum absolute atomic E-state index is 0.245. The van der Waals surface area contributed by atoms with Gasteiger partial charge in [0.25, 0.3) is 0 Å². The van der Waals surface area contributed by atoms with Gasteiger partial charge in [0.05, 0.1) is 17.9 Å². The van der Waals surface area contributed by atoms with E-state index in [2.05, 4.69) is 11.2 Å². The van der Waals surface area contributed by atoms with Crippen LogP contribution < -0.4 is 0 Å². The quantitative estimate of drug-likeness (QED) is 0.730. The molecule has 2 rings (SSSR count). The summed E-state index contributed by atoms with van der Waals surface area (Å²) >= 11 is 0. The molecule has 0 saturated heterocycles. The number of nitriles is 1. The Kier molecular flexibility index (Phi) is 1.99. The molecule has 0 unspecified atom stereocenters. The van der Waals surface area contributed by atoms with Gasteiger partial charge in [-0.2, -0.15) is 10.4 Å². The van der Waals surface area contributed by atoms with Crippen LogP contribution in [-0.4, -0.2) is 0 Å². The average Bonchev–Trinajstić information content (AvgIpc) is 2.61. The van der Waals surface area contributed by atoms with Crippen molar-refractivity contribution in [3.05, 3.63) is 35.8 Å². The minimum atomic E-state index is 0.245. The van der Waals surface area contributed by atoms with Gasteiger partial charge in [-0.1, -0.05) is 0 Å². The SMILES string of the molecule is N#Cc1ccc2c(CN=N)occ2c1. The van der Waals surface area contributed by atoms with Gasteiger partial charge >= 0.3 is 0 Å². The monoisotopic (exact) mass is 185 g/mol. The predicted molar refractivity (Wildman–Crippen MR) is 49.8 cm³/mol. The van der Waals surface area contributed by atoms with Gasteiger partial charge in [-0.25, -0.2) is 5.53 Å². The summed E-state index contributed by atoms with van der Waals surface area (Å²) < 4.78 is 5.23. The Morgan fingerprint density at radius 1 is 1.50 bits per heavy atom. The fourth-order valence-electron chi connectivity index (χ4n) is 1.38. The fourth-order valence-corrected chi connectivity index (χ4v) is 1.38. The van der Waals surface area contributed by atoms with Crippen molar-refractivity contribution in [2.75, 3.05) is 0 Å². The molecule has 4 heteroatoms. The van der Waals surface area contributed by atoms with E-state index in [1.807, 2.05) is 6.07 Å². The highest BCUT2D eigenvalue weighted by atomic mass is 16.3. The van der Waals surface area contributed by atoms with E-state index in [0.29, 0.717) is 11.3 Å². The highest BCUT2D eigenvalue weighted by molar-refractivity contribution is 5.85. The lowest BCUT2D eigenvalue weighted by Gasteiger charge is -1.91. The van der Waals surface area contributed by atoms with E-state index in [-0.39, 0.29) is 6.54 Å². The molecule has 2 aromatic rings. The van der Waals surface area contributed by atoms with Crippen molar-refractivity contribution in [3.8, 4) is 6.07 Å². The Balaban J connectivity index is 2.60. The number of nitrogens with zero attached hydrogens (tertiary/aromatic N) is 2. The third-order valence-electron chi connectivity index (χ3n) is 2.03. The molecular weight excluding hydrogens is 178 g/mol. The van der Waals surface area contributed by atoms with Crippen molar-refractivity contribution >= 4 is 10.8 Å². The largest absolute Gasteiger partial charge is 0.466 e. The maximum Gasteiger partial charge on any atom is 0.134 e. The van der Waals surface area contributed by atoms with Crippen LogP contribution in [0.5, 0.6) is 0 Å². The second-order valence-corrected chi connectivity index (χ2v) is 2.89. The van der Waals surface area contributed by atoms with Crippen molar-refractivity contribution in [2.24, 2.45) is 5.11 Å². The van der Waals surface area contributed by atoms with Crippen LogP contribution in [0.25, 0.3) is 10.8 Å². The van der Waals surface area contributed by atoms with Gasteiger partial charge in [0.1, 0.15) is 12.3 Å². The number of furan rings is 1. The molecule has 0 amide bonds. The summed E-state index contributed by atoms with van der Waals surface area (Å²) in [6, 6.07) is 7.36. The summed E-state index contributed by atoms with van der Waals surface area (Å²) in [5.74, 6) is 0.666. The first-order valence-corrected chi connectivity index (χ1v) is 4.08. The topological polar surface area (TPSA) is 73.1 Å². The third-order valence-corrected chi connectivity index (χ3v) is 2.03. The first-order chi connectivity index (χ1) is 6.85. The van der Waals surface area contributed by atoms with E-state index in [1.54, 1.807) is 18.4 Å². The Morgan fingerprint density at radius 3 is 3.07 bits per heavy atom. The molecule has 1 aromatic heterocycles. The van der Waals surface area contributed by atoms with Crippen LogP contribution in [0.15, 0.2) is 34.0 Å². The van der Waals surface area contributed by atoms with Gasteiger partial charge < -0.3 is 4.42 Å². The number of hydrogen-bond acceptors (Lipinski definition) is 4. The molecule has 0 aliphatic heterocycles. The number of fused-ring (bicyclic) bond motifs is 1. The Morgan fingerprint density at radius 2 is 2.36 bits per heavy atom. The molecule has 0 spiro atoms. The molecule has 0 aliphatic carbocycles. The second-order valence-electron chi connectivity index (χ2n) is 2.89. The van der Waals surface area contributed by atoms with Crippen molar-refractivity contribution in [2.45, 2.75) is 6.54 Å². The van der Waals surface area contributed by atoms with Gasteiger partial charge in [-0.05, 0) is 18.2 Å². The van der Waals surface area contributed by atoms with Gasteiger partial charge in [0, 0.05) is 10.8 Å². The molecular formula is C10H7N3O. The molecule has 68 valence electrons. The molecule has 1 aromatic carbocycles. The first kappa shape index (κ1) is 8.45. The van der Waals surface area contributed by atoms with Gasteiger partial charge in [0.2, 0.25) is 0 Å². The van der Waals surface area contributed by atoms with Crippen LogP contribution in [0, 0.1) is 16.9 Å². The number of nitrogens with one attached hydrogen (secondary N) is 1. The van der Waals surface area contributed by atoms with E-state index < -0.39 is 0 Å². The maximum atomic E-state index is 8.68. The average molecular weight is 185 g/mol. The van der Waals surface area contributed by atoms with Crippen LogP contribution in [0.1, 0.15) is 11.3 Å². The third kappa shape index (κ3) is 1.25. The lowest BCUT2D eigenvalue weighted by atomic mass is 10.1. The highest BCUT2D eigenvalue weighted by Gasteiger charge is 2.05. The molecule has 1 heterocycles. The second kappa shape index (κ2) is 3.30. The molecule has 1 N–H and O–H groups in total. The summed E-state index contributed by atoms with van der Waals surface area (Å²) in [4.78, 5) is 0. The zero-order valence-electron chi connectivity index (χ0n) is 7.32. The Hall–Kier alpha value is -2.15. The first-order valence-electron chi connectivity index (χ1n) is 4.08. The predicted octanol–water partition coefficient (Wildman–Crippen LogP) is 2.84. The summed E-state index contributed by atoms with van der Waals surface area (Å²) in [5.41, 5.74) is 7.35. The molecule has 0 atom stereocenters. The van der Waals surface area contributed by atoms with E-state index in [9.17, 15) is 0 Å². The van der Waals surface area contributed by atoms with Crippen molar-refractivity contribution < 1.29 is 4.42 Å². The normalized spacial score (nSPS) is 9.93. The maximum absolute atomic E-state index is 8.68. The van der Waals surface area contributed by atoms with Crippen LogP contribution in [-0.2, 0) is 6.54 Å². The molecule has 0 aliphatic rings. The molecule has 0 radical (unpaired) electrons. The van der Waals surface area contributed by atoms with Gasteiger partial charge in [-0.15, -0.1) is 0 Å². The van der Waals surface area contributed by atoms with E-state index in [4.69, 9.17) is 15.2 Å². The summed E-state index contributed by atoms with van der Waals surface area (Å²) in [5, 5.41) is 13.7. The highest BCUT2D eigenvalue weighted by Crippen LogP contribution is 2.22. The van der Waals surface area contributed by atoms with Crippen LogP contribution in [0.3, 0.4) is 0 Å². The minimum Gasteiger partial charge on any atom is -0.466 e. The molecule has 0 bridgehead atoms. The Bertz CT molecular complexity index is 522. The van der Waals surface area contributed by atoms with Crippen molar-refractivity contribution in [3.63, 3.8) is 0 Å². The number of benzene rings is 1. The zero-order valence-corrected chi connectivity index (χ0v) is 7.32. The summed E-state index contributed by atoms with van der Waals surface area (Å²) in [6.45, 7) is 0.245. The summed E-state index contributed by atoms with van der Waals surface area (Å²) in [7, 11) is 0. The van der Waals surface area contributed by atoms with Crippen LogP contribution in [0.2, 0.25) is 0 Å². The van der Waals surface area contributed by atoms with Crippen LogP contribution >= 0.6 is 0 Å².